The number of phenols is 1. The third-order valence-corrected chi connectivity index (χ3v) is 23.2. The van der Waals surface area contributed by atoms with Crippen LogP contribution in [0.2, 0.25) is 0 Å². The number of oxazole rings is 3. The van der Waals surface area contributed by atoms with E-state index in [0.717, 1.165) is 74.2 Å². The lowest BCUT2D eigenvalue weighted by Gasteiger charge is -2.09. The summed E-state index contributed by atoms with van der Waals surface area (Å²) in [6.45, 7) is 14.4. The number of nitrogens with one attached hydrogen (secondary N) is 9. The van der Waals surface area contributed by atoms with Crippen molar-refractivity contribution in [1.82, 2.24) is 36.2 Å². The molecule has 31 nitrogen and oxygen atoms in total. The number of fused-ring (bicyclic) bond motifs is 15. The Balaban J connectivity index is 0.000000116. The van der Waals surface area contributed by atoms with Crippen LogP contribution in [-0.4, -0.2) is 116 Å². The number of nitrogens with zero attached hydrogens (tertiary/aromatic N) is 5. The number of amides is 5. The SMILES string of the molecule is C=CC(=O)Nc1cccc2oc(-c3ccc4sc5c(c4c3)NC[C@@H](C)NC5=O)nc12.C[C@@H]1CNc2c(sc3ccc(-c4nc5c(N)cccc5o4)cc23)C(=O)N1.C[C@@H]1CNc2c(sc3ccc(-c4nc5c([N+](=O)[O-])cccc5o4)cc23)C(=O)N1.C[C@@H]1CNc2c(sc3ccc(OC=O)cc23)C(=O)N1.Nc1c(O)cccc1[N+](=O)[O-]. The van der Waals surface area contributed by atoms with E-state index in [1.165, 1.54) is 75.7 Å². The number of non-ortho nitro benzene ring substituents is 1. The average molecular weight is 1610 g/mol. The normalized spacial score (nSPS) is 16.0. The molecule has 7 aromatic heterocycles. The summed E-state index contributed by atoms with van der Waals surface area (Å²) in [6, 6.07) is 42.5. The van der Waals surface area contributed by atoms with Gasteiger partial charge < -0.3 is 82.4 Å². The van der Waals surface area contributed by atoms with Crippen LogP contribution in [0.4, 0.5) is 51.2 Å². The Morgan fingerprint density at radius 1 is 0.518 bits per heavy atom. The largest absolute Gasteiger partial charge is 0.506 e. The minimum absolute atomic E-state index is 0.0305. The first-order chi connectivity index (χ1) is 54.9. The molecule has 0 saturated carbocycles. The molecular formula is C79H66N16O15S4. The number of nitrogens with two attached hydrogens (primary N) is 2. The highest BCUT2D eigenvalue weighted by Gasteiger charge is 2.30. The Kier molecular flexibility index (Phi) is 20.8. The Hall–Kier alpha value is -14.0. The first-order valence-corrected chi connectivity index (χ1v) is 38.5. The third-order valence-electron chi connectivity index (χ3n) is 18.5. The van der Waals surface area contributed by atoms with Crippen LogP contribution in [0.5, 0.6) is 11.5 Å². The molecule has 0 bridgehead atoms. The second kappa shape index (κ2) is 31.4. The van der Waals surface area contributed by atoms with Crippen LogP contribution in [0.3, 0.4) is 0 Å². The standard InChI is InChI=1S/C22H18N4O3S.C19H14N4O4S.C19H16N4O2S.C13H12N2O3S.C6H6N2O3/c1-3-17(27)25-14-5-4-6-15-19(14)26-22(29-15)12-7-8-16-13(9-12)18-20(30-16)21(28)24-11(2)10-23-18;1-9-8-20-15-11-7-10(5-6-14(11)28-17(15)18(24)21-9)19-22-16-12(23(25)26)3-2-4-13(16)27-19;1-9-8-21-15-11-7-10(5-6-14(11)26-17(15)18(24)22-9)19-23-16-12(20)3-2-4-13(16)25-19;1-7-5-14-11-9-4-8(18-6-16)2-3-10(9)19-12(11)13(17)15-7;7-6-4(8(10)11)2-1-3-5(6)9/h3-9,11,23H,1,10H2,2H3,(H,24,28)(H,25,27);2-7,9,20H,8H2,1H3,(H,21,24);2-7,9,21H,8,20H2,1H3,(H,22,24);2-4,6-7,14H,5H2,1H3,(H,15,17);1-3,9H,7H2/t11-;2*9-;7-;/m1111./s1. The second-order valence-corrected chi connectivity index (χ2v) is 30.9. The predicted octanol–water partition coefficient (Wildman–Crippen LogP) is 15.2. The van der Waals surface area contributed by atoms with Crippen molar-refractivity contribution in [2.75, 3.05) is 64.2 Å². The minimum Gasteiger partial charge on any atom is -0.506 e. The number of thiophene rings is 4. The number of nitro benzene ring substituents is 2. The van der Waals surface area contributed by atoms with Crippen LogP contribution in [-0.2, 0) is 9.59 Å². The number of benzene rings is 8. The Morgan fingerprint density at radius 3 is 1.30 bits per heavy atom. The third kappa shape index (κ3) is 15.1. The number of aromatic hydroxyl groups is 1. The molecule has 0 aliphatic carbocycles. The summed E-state index contributed by atoms with van der Waals surface area (Å²) in [6.07, 6.45) is 1.21. The molecular weight excluding hydrogens is 1540 g/mol. The summed E-state index contributed by atoms with van der Waals surface area (Å²) >= 11 is 5.81. The van der Waals surface area contributed by atoms with Gasteiger partial charge in [-0.2, -0.15) is 0 Å². The lowest BCUT2D eigenvalue weighted by Crippen LogP contribution is -2.34. The van der Waals surface area contributed by atoms with E-state index < -0.39 is 9.85 Å². The molecule has 5 amide bonds. The summed E-state index contributed by atoms with van der Waals surface area (Å²) in [5.74, 6) is 0.918. The molecule has 4 aliphatic rings. The molecule has 114 heavy (non-hydrogen) atoms. The summed E-state index contributed by atoms with van der Waals surface area (Å²) in [5, 5.41) is 62.1. The van der Waals surface area contributed by atoms with Gasteiger partial charge in [0.2, 0.25) is 23.6 Å². The molecule has 576 valence electrons. The first kappa shape index (κ1) is 75.4. The van der Waals surface area contributed by atoms with Crippen molar-refractivity contribution in [3.63, 3.8) is 0 Å². The zero-order chi connectivity index (χ0) is 79.9. The van der Waals surface area contributed by atoms with E-state index in [-0.39, 0.29) is 82.0 Å². The zero-order valence-corrected chi connectivity index (χ0v) is 63.8. The molecule has 14 N–H and O–H groups in total. The summed E-state index contributed by atoms with van der Waals surface area (Å²) in [4.78, 5) is 108. The van der Waals surface area contributed by atoms with Gasteiger partial charge >= 0.3 is 0 Å². The van der Waals surface area contributed by atoms with E-state index in [0.29, 0.717) is 120 Å². The second-order valence-electron chi connectivity index (χ2n) is 26.7. The fourth-order valence-corrected chi connectivity index (χ4v) is 17.2. The maximum Gasteiger partial charge on any atom is 0.298 e. The molecule has 0 fully saturated rings. The topological polar surface area (TPSA) is 457 Å². The summed E-state index contributed by atoms with van der Waals surface area (Å²) < 4.78 is 26.5. The number of carbonyl (C=O) groups is 6. The van der Waals surface area contributed by atoms with Crippen LogP contribution >= 0.6 is 45.3 Å². The van der Waals surface area contributed by atoms with Crippen molar-refractivity contribution in [1.29, 1.82) is 0 Å². The number of nitro groups is 2. The van der Waals surface area contributed by atoms with E-state index in [4.69, 9.17) is 34.6 Å². The molecule has 0 spiro atoms. The maximum absolute atomic E-state index is 12.5. The highest BCUT2D eigenvalue weighted by molar-refractivity contribution is 7.23. The predicted molar refractivity (Wildman–Crippen MR) is 444 cm³/mol. The van der Waals surface area contributed by atoms with Gasteiger partial charge in [-0.25, -0.2) is 15.0 Å². The lowest BCUT2D eigenvalue weighted by molar-refractivity contribution is -0.384. The summed E-state index contributed by atoms with van der Waals surface area (Å²) in [5.41, 5.74) is 20.5. The molecule has 8 aromatic carbocycles. The molecule has 4 aliphatic heterocycles. The molecule has 35 heteroatoms. The maximum atomic E-state index is 12.5. The van der Waals surface area contributed by atoms with E-state index in [1.807, 2.05) is 100 Å². The van der Waals surface area contributed by atoms with Crippen molar-refractivity contribution in [2.24, 2.45) is 0 Å². The number of rotatable bonds is 9. The molecule has 0 saturated heterocycles. The Morgan fingerprint density at radius 2 is 0.886 bits per heavy atom. The van der Waals surface area contributed by atoms with Crippen molar-refractivity contribution in [3.05, 3.63) is 198 Å². The van der Waals surface area contributed by atoms with Gasteiger partial charge in [-0.3, -0.25) is 49.0 Å². The number of nitrogen functional groups attached to an aromatic ring is 2. The smallest absolute Gasteiger partial charge is 0.298 e. The molecule has 0 unspecified atom stereocenters. The van der Waals surface area contributed by atoms with Crippen molar-refractivity contribution >= 4 is 206 Å². The van der Waals surface area contributed by atoms with Gasteiger partial charge in [0.05, 0.1) is 44.0 Å². The zero-order valence-electron chi connectivity index (χ0n) is 60.5. The van der Waals surface area contributed by atoms with E-state index in [2.05, 4.69) is 69.4 Å². The molecule has 19 rings (SSSR count). The van der Waals surface area contributed by atoms with Crippen molar-refractivity contribution in [2.45, 2.75) is 51.9 Å². The lowest BCUT2D eigenvalue weighted by atomic mass is 10.1. The number of hydrogen-bond donors (Lipinski definition) is 12. The highest BCUT2D eigenvalue weighted by atomic mass is 32.1. The van der Waals surface area contributed by atoms with Gasteiger partial charge in [0.15, 0.2) is 28.0 Å². The van der Waals surface area contributed by atoms with Gasteiger partial charge in [0.25, 0.3) is 41.5 Å². The quantitative estimate of drug-likeness (QED) is 0.0159. The number of ether oxygens (including phenoxy) is 1. The van der Waals surface area contributed by atoms with Gasteiger partial charge in [-0.1, -0.05) is 30.8 Å². The average Bonchev–Trinajstić information content (AvgIpc) is 1.63. The Labute approximate surface area is 660 Å². The number of carbonyl (C=O) groups excluding carboxylic acids is 6. The van der Waals surface area contributed by atoms with Gasteiger partial charge in [0.1, 0.15) is 42.0 Å². The van der Waals surface area contributed by atoms with Gasteiger partial charge in [-0.05, 0) is 143 Å². The fourth-order valence-electron chi connectivity index (χ4n) is 13.0. The number of phenolic OH excluding ortho intramolecular Hbond substituents is 1. The van der Waals surface area contributed by atoms with Crippen LogP contribution in [0.25, 0.3) is 108 Å². The van der Waals surface area contributed by atoms with Crippen molar-refractivity contribution < 1.29 is 61.7 Å². The number of para-hydroxylation sites is 4. The highest BCUT2D eigenvalue weighted by Crippen LogP contribution is 2.45. The van der Waals surface area contributed by atoms with E-state index in [9.17, 15) is 49.0 Å². The Bertz CT molecular complexity index is 6450. The monoisotopic (exact) mass is 1610 g/mol. The van der Waals surface area contributed by atoms with Crippen molar-refractivity contribution in [3.8, 4) is 45.9 Å². The van der Waals surface area contributed by atoms with Crippen LogP contribution in [0.15, 0.2) is 171 Å². The van der Waals surface area contributed by atoms with Crippen LogP contribution in [0, 0.1) is 20.2 Å². The van der Waals surface area contributed by atoms with Crippen LogP contribution in [0.1, 0.15) is 66.4 Å². The van der Waals surface area contributed by atoms with Gasteiger partial charge in [-0.15, -0.1) is 45.3 Å². The number of anilines is 7. The fraction of sp³-hybridized carbons (Fsp3) is 0.152. The molecule has 11 heterocycles. The number of aromatic nitrogens is 3. The van der Waals surface area contributed by atoms with E-state index in [1.54, 1.807) is 48.5 Å². The van der Waals surface area contributed by atoms with Crippen LogP contribution < -0.4 is 64.1 Å². The first-order valence-electron chi connectivity index (χ1n) is 35.3. The minimum atomic E-state index is -0.644. The summed E-state index contributed by atoms with van der Waals surface area (Å²) in [7, 11) is 0. The number of hydrogen-bond acceptors (Lipinski definition) is 28. The molecule has 4 atom stereocenters. The van der Waals surface area contributed by atoms with Gasteiger partial charge in [0, 0.05) is 120 Å². The molecule has 15 aromatic rings. The molecule has 0 radical (unpaired) electrons. The van der Waals surface area contributed by atoms with E-state index >= 15 is 0 Å².